The van der Waals surface area contributed by atoms with Crippen molar-refractivity contribution in [3.05, 3.63) is 22.6 Å². The zero-order chi connectivity index (χ0) is 11.1. The summed E-state index contributed by atoms with van der Waals surface area (Å²) in [5, 5.41) is 3.09. The van der Waals surface area contributed by atoms with Gasteiger partial charge in [-0.3, -0.25) is 0 Å². The fourth-order valence-electron chi connectivity index (χ4n) is 1.95. The standard InChI is InChI=1S/C10H10BrFN4.ClH/c11-8-2-1-6-9(15-8)16-10(14-6)7-3-5(12)4-13-7;/h1-2,5,7,13H,3-4H2,(H,14,15,16);1H/t5-,7+;/m1./s1. The molecule has 17 heavy (non-hydrogen) atoms. The highest BCUT2D eigenvalue weighted by Gasteiger charge is 2.27. The molecule has 1 aliphatic heterocycles. The number of hydrogen-bond donors (Lipinski definition) is 2. The van der Waals surface area contributed by atoms with Gasteiger partial charge in [-0.2, -0.15) is 0 Å². The number of aromatic nitrogens is 3. The van der Waals surface area contributed by atoms with Crippen LogP contribution in [-0.4, -0.2) is 27.7 Å². The topological polar surface area (TPSA) is 53.6 Å². The largest absolute Gasteiger partial charge is 0.339 e. The van der Waals surface area contributed by atoms with E-state index in [0.29, 0.717) is 18.6 Å². The van der Waals surface area contributed by atoms with Crippen molar-refractivity contribution >= 4 is 39.5 Å². The SMILES string of the molecule is Cl.F[C@H]1CN[C@H](c2nc3nc(Br)ccc3[nH]2)C1. The van der Waals surface area contributed by atoms with Crippen molar-refractivity contribution in [1.29, 1.82) is 0 Å². The predicted molar refractivity (Wildman–Crippen MR) is 69.1 cm³/mol. The second-order valence-electron chi connectivity index (χ2n) is 3.92. The molecule has 2 atom stereocenters. The molecule has 7 heteroatoms. The van der Waals surface area contributed by atoms with Crippen LogP contribution < -0.4 is 5.32 Å². The summed E-state index contributed by atoms with van der Waals surface area (Å²) in [6, 6.07) is 3.73. The summed E-state index contributed by atoms with van der Waals surface area (Å²) in [6.45, 7) is 0.402. The van der Waals surface area contributed by atoms with Gasteiger partial charge in [-0.25, -0.2) is 14.4 Å². The van der Waals surface area contributed by atoms with Crippen molar-refractivity contribution in [2.24, 2.45) is 0 Å². The lowest BCUT2D eigenvalue weighted by Crippen LogP contribution is -2.14. The summed E-state index contributed by atoms with van der Waals surface area (Å²) in [4.78, 5) is 11.8. The molecule has 1 fully saturated rings. The Bertz CT molecular complexity index is 532. The number of aromatic amines is 1. The lowest BCUT2D eigenvalue weighted by Gasteiger charge is -2.03. The molecule has 0 bridgehead atoms. The van der Waals surface area contributed by atoms with Crippen LogP contribution in [-0.2, 0) is 0 Å². The van der Waals surface area contributed by atoms with Gasteiger partial charge in [-0.15, -0.1) is 12.4 Å². The van der Waals surface area contributed by atoms with E-state index in [9.17, 15) is 4.39 Å². The molecule has 1 aliphatic rings. The zero-order valence-corrected chi connectivity index (χ0v) is 11.2. The van der Waals surface area contributed by atoms with Crippen molar-refractivity contribution in [3.63, 3.8) is 0 Å². The lowest BCUT2D eigenvalue weighted by molar-refractivity contribution is 0.355. The Balaban J connectivity index is 0.00000108. The van der Waals surface area contributed by atoms with Crippen LogP contribution in [0.5, 0.6) is 0 Å². The number of nitrogens with one attached hydrogen (secondary N) is 2. The van der Waals surface area contributed by atoms with E-state index >= 15 is 0 Å². The number of pyridine rings is 1. The molecule has 3 heterocycles. The van der Waals surface area contributed by atoms with E-state index in [1.54, 1.807) is 0 Å². The van der Waals surface area contributed by atoms with Crippen molar-refractivity contribution < 1.29 is 4.39 Å². The number of alkyl halides is 1. The maximum atomic E-state index is 13.1. The second kappa shape index (κ2) is 4.88. The lowest BCUT2D eigenvalue weighted by atomic mass is 10.2. The molecule has 0 aliphatic carbocycles. The average Bonchev–Trinajstić information content (AvgIpc) is 2.83. The summed E-state index contributed by atoms with van der Waals surface area (Å²) in [5.41, 5.74) is 1.54. The zero-order valence-electron chi connectivity index (χ0n) is 8.78. The number of H-pyrrole nitrogens is 1. The maximum absolute atomic E-state index is 13.1. The minimum absolute atomic E-state index is 0. The Hall–Kier alpha value is -0.720. The van der Waals surface area contributed by atoms with Gasteiger partial charge >= 0.3 is 0 Å². The molecule has 1 saturated heterocycles. The summed E-state index contributed by atoms with van der Waals surface area (Å²) in [6.07, 6.45) is -0.307. The Morgan fingerprint density at radius 3 is 2.88 bits per heavy atom. The molecule has 0 amide bonds. The number of halogens is 3. The number of nitrogens with zero attached hydrogens (tertiary/aromatic N) is 2. The molecule has 0 saturated carbocycles. The predicted octanol–water partition coefficient (Wildman–Crippen LogP) is 2.51. The number of fused-ring (bicyclic) bond motifs is 1. The third-order valence-corrected chi connectivity index (χ3v) is 3.18. The fraction of sp³-hybridized carbons (Fsp3) is 0.400. The molecular formula is C10H11BrClFN4. The van der Waals surface area contributed by atoms with Crippen LogP contribution in [0.4, 0.5) is 4.39 Å². The summed E-state index contributed by atoms with van der Waals surface area (Å²) in [7, 11) is 0. The van der Waals surface area contributed by atoms with Gasteiger partial charge < -0.3 is 10.3 Å². The van der Waals surface area contributed by atoms with Gasteiger partial charge in [-0.05, 0) is 28.1 Å². The molecule has 3 rings (SSSR count). The van der Waals surface area contributed by atoms with Gasteiger partial charge in [-0.1, -0.05) is 0 Å². The number of imidazole rings is 1. The molecule has 0 spiro atoms. The van der Waals surface area contributed by atoms with Crippen molar-refractivity contribution in [3.8, 4) is 0 Å². The van der Waals surface area contributed by atoms with Crippen molar-refractivity contribution in [2.75, 3.05) is 6.54 Å². The van der Waals surface area contributed by atoms with Crippen LogP contribution in [0.3, 0.4) is 0 Å². The number of hydrogen-bond acceptors (Lipinski definition) is 3. The molecule has 92 valence electrons. The molecule has 2 N–H and O–H groups in total. The Labute approximate surface area is 112 Å². The average molecular weight is 322 g/mol. The van der Waals surface area contributed by atoms with Crippen LogP contribution in [0.15, 0.2) is 16.7 Å². The van der Waals surface area contributed by atoms with Gasteiger partial charge in [0.2, 0.25) is 0 Å². The molecule has 0 radical (unpaired) electrons. The van der Waals surface area contributed by atoms with Crippen LogP contribution in [0.25, 0.3) is 11.2 Å². The van der Waals surface area contributed by atoms with Gasteiger partial charge in [0.25, 0.3) is 0 Å². The van der Waals surface area contributed by atoms with Crippen molar-refractivity contribution in [2.45, 2.75) is 18.6 Å². The quantitative estimate of drug-likeness (QED) is 0.794. The highest BCUT2D eigenvalue weighted by molar-refractivity contribution is 9.10. The first-order chi connectivity index (χ1) is 7.72. The van der Waals surface area contributed by atoms with E-state index in [1.165, 1.54) is 0 Å². The Morgan fingerprint density at radius 2 is 2.18 bits per heavy atom. The van der Waals surface area contributed by atoms with E-state index in [1.807, 2.05) is 12.1 Å². The minimum Gasteiger partial charge on any atom is -0.339 e. The molecule has 0 aromatic carbocycles. The first-order valence-corrected chi connectivity index (χ1v) is 5.91. The molecule has 2 aromatic heterocycles. The van der Waals surface area contributed by atoms with Gasteiger partial charge in [0, 0.05) is 13.0 Å². The Morgan fingerprint density at radius 1 is 1.35 bits per heavy atom. The molecule has 4 nitrogen and oxygen atoms in total. The van der Waals surface area contributed by atoms with Gasteiger partial charge in [0.15, 0.2) is 5.65 Å². The molecule has 2 aromatic rings. The maximum Gasteiger partial charge on any atom is 0.178 e. The summed E-state index contributed by atoms with van der Waals surface area (Å²) in [5.74, 6) is 0.765. The van der Waals surface area contributed by atoms with Gasteiger partial charge in [0.1, 0.15) is 16.6 Å². The van der Waals surface area contributed by atoms with Crippen LogP contribution in [0.2, 0.25) is 0 Å². The summed E-state index contributed by atoms with van der Waals surface area (Å²) < 4.78 is 13.8. The first kappa shape index (κ1) is 12.7. The highest BCUT2D eigenvalue weighted by atomic mass is 79.9. The van der Waals surface area contributed by atoms with E-state index in [0.717, 1.165) is 15.9 Å². The van der Waals surface area contributed by atoms with Crippen LogP contribution in [0.1, 0.15) is 18.3 Å². The molecular weight excluding hydrogens is 310 g/mol. The van der Waals surface area contributed by atoms with E-state index in [4.69, 9.17) is 0 Å². The molecule has 0 unspecified atom stereocenters. The fourth-order valence-corrected chi connectivity index (χ4v) is 2.25. The monoisotopic (exact) mass is 320 g/mol. The van der Waals surface area contributed by atoms with Gasteiger partial charge in [0.05, 0.1) is 11.6 Å². The van der Waals surface area contributed by atoms with Crippen LogP contribution >= 0.6 is 28.3 Å². The summed E-state index contributed by atoms with van der Waals surface area (Å²) >= 11 is 3.29. The minimum atomic E-state index is -0.780. The third-order valence-electron chi connectivity index (χ3n) is 2.74. The second-order valence-corrected chi connectivity index (χ2v) is 4.73. The van der Waals surface area contributed by atoms with E-state index in [2.05, 4.69) is 36.2 Å². The smallest absolute Gasteiger partial charge is 0.178 e. The normalized spacial score (nSPS) is 23.9. The first-order valence-electron chi connectivity index (χ1n) is 5.12. The Kier molecular flexibility index (Phi) is 3.65. The highest BCUT2D eigenvalue weighted by Crippen LogP contribution is 2.24. The van der Waals surface area contributed by atoms with Crippen LogP contribution in [0, 0.1) is 0 Å². The third kappa shape index (κ3) is 2.43. The number of rotatable bonds is 1. The van der Waals surface area contributed by atoms with Crippen molar-refractivity contribution in [1.82, 2.24) is 20.3 Å². The van der Waals surface area contributed by atoms with E-state index < -0.39 is 6.17 Å². The van der Waals surface area contributed by atoms with E-state index in [-0.39, 0.29) is 18.4 Å².